The summed E-state index contributed by atoms with van der Waals surface area (Å²) in [5.74, 6) is -0.226. The number of rotatable bonds is 9. The predicted octanol–water partition coefficient (Wildman–Crippen LogP) is 16.0. The fourth-order valence-corrected chi connectivity index (χ4v) is 11.3. The van der Waals surface area contributed by atoms with Crippen LogP contribution in [0.4, 0.5) is 31.5 Å². The van der Waals surface area contributed by atoms with Crippen molar-refractivity contribution in [3.63, 3.8) is 0 Å². The number of furan rings is 2. The van der Waals surface area contributed by atoms with E-state index in [1.165, 1.54) is 12.1 Å². The van der Waals surface area contributed by atoms with Crippen molar-refractivity contribution in [3.05, 3.63) is 246 Å². The van der Waals surface area contributed by atoms with Crippen LogP contribution in [0.25, 0.3) is 77.9 Å². The first-order valence-corrected chi connectivity index (χ1v) is 24.8. The highest BCUT2D eigenvalue weighted by atomic mass is 19.1. The minimum Gasteiger partial charge on any atom is -0.507 e. The van der Waals surface area contributed by atoms with Gasteiger partial charge >= 0.3 is 0 Å². The number of aryl methyl sites for hydroxylation is 2. The summed E-state index contributed by atoms with van der Waals surface area (Å²) in [4.78, 5) is 4.38. The Hall–Kier alpha value is -8.94. The minimum absolute atomic E-state index is 0.109. The number of nitrogens with zero attached hydrogens (tertiary/aromatic N) is 2. The number of phenolic OH excluding ortho intramolecular Hbond substituents is 1. The van der Waals surface area contributed by atoms with Crippen molar-refractivity contribution in [1.82, 2.24) is 0 Å². The Morgan fingerprint density at radius 2 is 1.26 bits per heavy atom. The maximum absolute atomic E-state index is 14.9. The van der Waals surface area contributed by atoms with E-state index in [1.807, 2.05) is 78.9 Å². The Morgan fingerprint density at radius 3 is 2.04 bits per heavy atom. The Morgan fingerprint density at radius 1 is 0.575 bits per heavy atom. The molecule has 0 saturated heterocycles. The second kappa shape index (κ2) is 17.7. The molecule has 2 heterocycles. The monoisotopic (exact) mass is 954 g/mol. The third-order valence-electron chi connectivity index (χ3n) is 14.8. The Kier molecular flexibility index (Phi) is 10.7. The van der Waals surface area contributed by atoms with Crippen molar-refractivity contribution in [3.8, 4) is 39.1 Å². The molecule has 2 aromatic heterocycles. The molecule has 354 valence electrons. The molecule has 0 aliphatic heterocycles. The molecule has 3 aliphatic rings. The molecule has 0 amide bonds. The number of phenols is 1. The number of anilines is 4. The highest BCUT2D eigenvalue weighted by Gasteiger charge is 2.34. The number of alkyl halides is 1. The van der Waals surface area contributed by atoms with Crippen LogP contribution in [0.2, 0.25) is 0 Å². The van der Waals surface area contributed by atoms with Crippen LogP contribution >= 0.6 is 0 Å². The summed E-state index contributed by atoms with van der Waals surface area (Å²) in [6, 6.07) is 55.5. The maximum Gasteiger partial charge on any atom is 0.159 e. The van der Waals surface area contributed by atoms with Gasteiger partial charge in [0, 0.05) is 73.5 Å². The van der Waals surface area contributed by atoms with Crippen molar-refractivity contribution in [2.75, 3.05) is 9.80 Å². The summed E-state index contributed by atoms with van der Waals surface area (Å²) in [6.45, 7) is 4.16. The van der Waals surface area contributed by atoms with E-state index in [9.17, 15) is 13.9 Å². The number of para-hydroxylation sites is 3. The molecule has 7 heteroatoms. The lowest BCUT2D eigenvalue weighted by molar-refractivity contribution is 0.400. The van der Waals surface area contributed by atoms with Crippen molar-refractivity contribution < 1.29 is 22.7 Å². The van der Waals surface area contributed by atoms with Gasteiger partial charge in [0.05, 0.1) is 17.4 Å². The van der Waals surface area contributed by atoms with E-state index in [4.69, 9.17) is 8.83 Å². The minimum atomic E-state index is -1.08. The van der Waals surface area contributed by atoms with Crippen molar-refractivity contribution >= 4 is 67.3 Å². The van der Waals surface area contributed by atoms with Gasteiger partial charge in [-0.15, -0.1) is 0 Å². The van der Waals surface area contributed by atoms with Crippen molar-refractivity contribution in [2.45, 2.75) is 32.5 Å². The normalized spacial score (nSPS) is 16.9. The van der Waals surface area contributed by atoms with Crippen LogP contribution in [0.5, 0.6) is 5.75 Å². The molecule has 10 aromatic rings. The van der Waals surface area contributed by atoms with Gasteiger partial charge < -0.3 is 23.7 Å². The van der Waals surface area contributed by atoms with Gasteiger partial charge in [-0.1, -0.05) is 140 Å². The molecule has 1 N–H and O–H groups in total. The second-order valence-corrected chi connectivity index (χ2v) is 19.1. The van der Waals surface area contributed by atoms with Crippen LogP contribution in [-0.2, 0) is 0 Å². The Balaban J connectivity index is 0.959. The molecule has 3 aliphatic carbocycles. The Bertz CT molecular complexity index is 4120. The third-order valence-corrected chi connectivity index (χ3v) is 14.8. The summed E-state index contributed by atoms with van der Waals surface area (Å²) < 4.78 is 43.6. The summed E-state index contributed by atoms with van der Waals surface area (Å²) in [7, 11) is 0. The average Bonchev–Trinajstić information content (AvgIpc) is 4.00. The van der Waals surface area contributed by atoms with Crippen LogP contribution in [-0.4, -0.2) is 17.3 Å². The lowest BCUT2D eigenvalue weighted by Crippen LogP contribution is -2.46. The lowest BCUT2D eigenvalue weighted by atomic mass is 9.81. The topological polar surface area (TPSA) is 53.0 Å². The molecule has 0 spiro atoms. The van der Waals surface area contributed by atoms with Gasteiger partial charge in [0.1, 0.15) is 34.3 Å². The quantitative estimate of drug-likeness (QED) is 0.156. The smallest absolute Gasteiger partial charge is 0.159 e. The van der Waals surface area contributed by atoms with Crippen molar-refractivity contribution in [2.24, 2.45) is 5.92 Å². The zero-order valence-electron chi connectivity index (χ0n) is 40.1. The molecule has 3 atom stereocenters. The number of benzene rings is 8. The lowest BCUT2D eigenvalue weighted by Gasteiger charge is -2.39. The number of halogens is 2. The molecular formula is C66H48F2N2O3. The van der Waals surface area contributed by atoms with Crippen LogP contribution < -0.4 is 20.4 Å². The number of fused-ring (bicyclic) bond motifs is 7. The van der Waals surface area contributed by atoms with E-state index >= 15 is 0 Å². The fourth-order valence-electron chi connectivity index (χ4n) is 11.3. The van der Waals surface area contributed by atoms with Crippen LogP contribution in [0, 0.1) is 25.6 Å². The predicted molar refractivity (Wildman–Crippen MR) is 294 cm³/mol. The van der Waals surface area contributed by atoms with E-state index in [0.717, 1.165) is 105 Å². The number of aromatic hydroxyl groups is 1. The molecule has 3 unspecified atom stereocenters. The van der Waals surface area contributed by atoms with E-state index in [1.54, 1.807) is 18.2 Å². The third kappa shape index (κ3) is 7.50. The first kappa shape index (κ1) is 44.0. The first-order valence-electron chi connectivity index (χ1n) is 24.8. The largest absolute Gasteiger partial charge is 0.507 e. The van der Waals surface area contributed by atoms with Gasteiger partial charge in [-0.25, -0.2) is 8.78 Å². The highest BCUT2D eigenvalue weighted by Crippen LogP contribution is 2.46. The molecular weight excluding hydrogens is 907 g/mol. The maximum atomic E-state index is 14.9. The molecule has 0 radical (unpaired) electrons. The zero-order valence-corrected chi connectivity index (χ0v) is 40.1. The molecule has 8 aromatic carbocycles. The van der Waals surface area contributed by atoms with Gasteiger partial charge in [0.15, 0.2) is 5.58 Å². The standard InChI is InChI=1S/C66H48F2N2O3/c1-40-13-3-5-17-49(40)54-22-10-21-51(64(54)71)42-15-9-16-47(37-42)70(46-33-29-44(68)30-34-46)60-39-62-63(53-20-8-7-19-52(53)60)58-36-35-48(38-61(58)72-62)69(45-31-27-43(67)28-32-45)59-26-12-25-57-56-24-11-23-55(65(56)73-66(57)59)50-18-6-4-14-41(50)2/h3-29,31-39,44,52,60,71H,30H2,1-2H3. The number of hydrogen-bond donors (Lipinski definition) is 1. The second-order valence-electron chi connectivity index (χ2n) is 19.1. The van der Waals surface area contributed by atoms with Crippen LogP contribution in [0.15, 0.2) is 227 Å². The molecule has 5 nitrogen and oxygen atoms in total. The highest BCUT2D eigenvalue weighted by molar-refractivity contribution is 6.14. The van der Waals surface area contributed by atoms with E-state index in [0.29, 0.717) is 16.7 Å². The first-order chi connectivity index (χ1) is 35.8. The molecule has 73 heavy (non-hydrogen) atoms. The summed E-state index contributed by atoms with van der Waals surface area (Å²) in [6.07, 6.45) is 15.4. The SMILES string of the molecule is Cc1ccccc1-c1cccc(-c2cccc(N(C3=CCC(F)C=C3)C3C=c4oc5cc(N(c6ccc(F)cc6)c6cccc7c6oc6c(-c8ccccc8C)cccc67)ccc5c4=C4C=CC=CC43)c2)c1O. The summed E-state index contributed by atoms with van der Waals surface area (Å²) >= 11 is 0. The van der Waals surface area contributed by atoms with Gasteiger partial charge in [0.25, 0.3) is 0 Å². The molecule has 0 saturated carbocycles. The van der Waals surface area contributed by atoms with E-state index < -0.39 is 6.17 Å². The van der Waals surface area contributed by atoms with Crippen LogP contribution in [0.1, 0.15) is 17.5 Å². The van der Waals surface area contributed by atoms with Gasteiger partial charge in [-0.05, 0) is 120 Å². The Labute approximate surface area is 421 Å². The summed E-state index contributed by atoms with van der Waals surface area (Å²) in [5, 5.41) is 15.9. The zero-order chi connectivity index (χ0) is 49.3. The molecule has 0 fully saturated rings. The molecule has 13 rings (SSSR count). The number of allylic oxidation sites excluding steroid dienone is 6. The van der Waals surface area contributed by atoms with Gasteiger partial charge in [0.2, 0.25) is 0 Å². The average molecular weight is 955 g/mol. The van der Waals surface area contributed by atoms with Crippen molar-refractivity contribution in [1.29, 1.82) is 0 Å². The molecule has 0 bridgehead atoms. The van der Waals surface area contributed by atoms with E-state index in [2.05, 4.69) is 133 Å². The number of hydrogen-bond acceptors (Lipinski definition) is 5. The van der Waals surface area contributed by atoms with Gasteiger partial charge in [-0.2, -0.15) is 0 Å². The van der Waals surface area contributed by atoms with Gasteiger partial charge in [-0.3, -0.25) is 0 Å². The van der Waals surface area contributed by atoms with Crippen LogP contribution in [0.3, 0.4) is 0 Å². The summed E-state index contributed by atoms with van der Waals surface area (Å²) in [5.41, 5.74) is 15.8. The van der Waals surface area contributed by atoms with E-state index in [-0.39, 0.29) is 29.9 Å². The fraction of sp³-hybridized carbons (Fsp3) is 0.0909.